The molecule has 19 heavy (non-hydrogen) atoms. The second-order valence-electron chi connectivity index (χ2n) is 7.32. The average Bonchev–Trinajstić information content (AvgIpc) is 2.22. The van der Waals surface area contributed by atoms with Gasteiger partial charge in [-0.3, -0.25) is 9.59 Å². The van der Waals surface area contributed by atoms with Gasteiger partial charge in [0, 0.05) is 18.9 Å². The fourth-order valence-electron chi connectivity index (χ4n) is 5.64. The quantitative estimate of drug-likeness (QED) is 0.819. The molecule has 4 heteroatoms. The van der Waals surface area contributed by atoms with Gasteiger partial charge in [0.15, 0.2) is 0 Å². The summed E-state index contributed by atoms with van der Waals surface area (Å²) >= 11 is 0. The summed E-state index contributed by atoms with van der Waals surface area (Å²) in [6, 6.07) is 0. The first kappa shape index (κ1) is 12.9. The molecular weight excluding hydrogens is 242 g/mol. The van der Waals surface area contributed by atoms with Gasteiger partial charge in [0.1, 0.15) is 0 Å². The lowest BCUT2D eigenvalue weighted by Gasteiger charge is -2.62. The predicted octanol–water partition coefficient (Wildman–Crippen LogP) is 2.33. The highest BCUT2D eigenvalue weighted by molar-refractivity contribution is 5.74. The number of rotatable bonds is 4. The molecule has 0 aromatic rings. The van der Waals surface area contributed by atoms with Crippen molar-refractivity contribution in [3.05, 3.63) is 0 Å². The number of carboxylic acids is 1. The Labute approximate surface area is 113 Å². The number of aliphatic carboxylic acids is 1. The van der Waals surface area contributed by atoms with Gasteiger partial charge in [0.05, 0.1) is 0 Å². The number of hydrogen-bond acceptors (Lipinski definition) is 2. The summed E-state index contributed by atoms with van der Waals surface area (Å²) in [7, 11) is 0. The second kappa shape index (κ2) is 4.22. The Morgan fingerprint density at radius 1 is 1.21 bits per heavy atom. The zero-order chi connectivity index (χ0) is 13.7. The van der Waals surface area contributed by atoms with Crippen LogP contribution in [0.1, 0.15) is 58.3 Å². The fraction of sp³-hybridized carbons (Fsp3) is 0.867. The third kappa shape index (κ3) is 2.37. The van der Waals surface area contributed by atoms with E-state index in [0.29, 0.717) is 11.8 Å². The monoisotopic (exact) mass is 265 g/mol. The van der Waals surface area contributed by atoms with E-state index >= 15 is 0 Å². The molecule has 0 aliphatic heterocycles. The van der Waals surface area contributed by atoms with Crippen LogP contribution in [0.5, 0.6) is 0 Å². The minimum atomic E-state index is -0.690. The van der Waals surface area contributed by atoms with Crippen LogP contribution in [0, 0.1) is 17.3 Å². The van der Waals surface area contributed by atoms with E-state index in [0.717, 1.165) is 25.7 Å². The summed E-state index contributed by atoms with van der Waals surface area (Å²) in [5.74, 6) is 0.767. The summed E-state index contributed by atoms with van der Waals surface area (Å²) in [5, 5.41) is 12.2. The number of carbonyl (C=O) groups excluding carboxylic acids is 1. The molecule has 4 nitrogen and oxygen atoms in total. The van der Waals surface area contributed by atoms with Crippen molar-refractivity contribution in [3.63, 3.8) is 0 Å². The summed E-state index contributed by atoms with van der Waals surface area (Å²) < 4.78 is 0. The van der Waals surface area contributed by atoms with Crippen LogP contribution >= 0.6 is 0 Å². The van der Waals surface area contributed by atoms with E-state index in [2.05, 4.69) is 5.32 Å². The third-order valence-electron chi connectivity index (χ3n) is 5.49. The lowest BCUT2D eigenvalue weighted by molar-refractivity contribution is -0.141. The van der Waals surface area contributed by atoms with Gasteiger partial charge in [-0.05, 0) is 62.2 Å². The largest absolute Gasteiger partial charge is 0.481 e. The van der Waals surface area contributed by atoms with Gasteiger partial charge in [0.2, 0.25) is 5.91 Å². The van der Waals surface area contributed by atoms with Crippen molar-refractivity contribution in [1.29, 1.82) is 0 Å². The molecule has 2 unspecified atom stereocenters. The molecule has 1 amide bonds. The van der Waals surface area contributed by atoms with E-state index in [9.17, 15) is 9.59 Å². The van der Waals surface area contributed by atoms with Gasteiger partial charge < -0.3 is 10.4 Å². The Balaban J connectivity index is 1.80. The van der Waals surface area contributed by atoms with Crippen molar-refractivity contribution in [2.45, 2.75) is 63.8 Å². The summed E-state index contributed by atoms with van der Waals surface area (Å²) in [5.41, 5.74) is 0.166. The van der Waals surface area contributed by atoms with E-state index in [-0.39, 0.29) is 23.3 Å². The molecule has 4 fully saturated rings. The Hall–Kier alpha value is -1.06. The third-order valence-corrected chi connectivity index (χ3v) is 5.49. The van der Waals surface area contributed by atoms with Crippen LogP contribution in [0.25, 0.3) is 0 Å². The average molecular weight is 265 g/mol. The Bertz CT molecular complexity index is 404. The van der Waals surface area contributed by atoms with Gasteiger partial charge >= 0.3 is 5.97 Å². The molecule has 0 aromatic carbocycles. The Morgan fingerprint density at radius 2 is 1.84 bits per heavy atom. The highest BCUT2D eigenvalue weighted by Gasteiger charge is 2.57. The van der Waals surface area contributed by atoms with Gasteiger partial charge in [-0.15, -0.1) is 0 Å². The van der Waals surface area contributed by atoms with Crippen LogP contribution in [-0.2, 0) is 9.59 Å². The zero-order valence-electron chi connectivity index (χ0n) is 11.6. The van der Waals surface area contributed by atoms with E-state index in [1.54, 1.807) is 6.92 Å². The molecular formula is C15H23NO3. The van der Waals surface area contributed by atoms with Gasteiger partial charge in [-0.1, -0.05) is 0 Å². The maximum absolute atomic E-state index is 11.5. The van der Waals surface area contributed by atoms with Crippen molar-refractivity contribution < 1.29 is 14.7 Å². The molecule has 4 rings (SSSR count). The molecule has 0 radical (unpaired) electrons. The van der Waals surface area contributed by atoms with Crippen LogP contribution in [0.2, 0.25) is 0 Å². The number of carboxylic acid groups (broad SMARTS) is 1. The molecule has 0 heterocycles. The minimum absolute atomic E-state index is 0.0194. The zero-order valence-corrected chi connectivity index (χ0v) is 11.6. The van der Waals surface area contributed by atoms with Crippen molar-refractivity contribution in [1.82, 2.24) is 5.32 Å². The van der Waals surface area contributed by atoms with E-state index in [1.165, 1.54) is 19.3 Å². The molecule has 0 spiro atoms. The van der Waals surface area contributed by atoms with E-state index in [1.807, 2.05) is 0 Å². The van der Waals surface area contributed by atoms with E-state index < -0.39 is 5.97 Å². The highest BCUT2D eigenvalue weighted by Crippen LogP contribution is 2.63. The lowest BCUT2D eigenvalue weighted by atomic mass is 9.46. The summed E-state index contributed by atoms with van der Waals surface area (Å²) in [6.07, 6.45) is 7.92. The van der Waals surface area contributed by atoms with Crippen molar-refractivity contribution >= 4 is 11.9 Å². The Kier molecular flexibility index (Phi) is 2.88. The molecule has 2 N–H and O–H groups in total. The standard InChI is InChI=1S/C15H23NO3/c1-10(17)16-15-7-11-4-12(8-15)6-14(5-11,9-15)3-2-13(18)19/h11-12H,2-9H2,1H3,(H,16,17)(H,18,19). The van der Waals surface area contributed by atoms with Crippen LogP contribution in [-0.4, -0.2) is 22.5 Å². The van der Waals surface area contributed by atoms with E-state index in [4.69, 9.17) is 5.11 Å². The molecule has 106 valence electrons. The lowest BCUT2D eigenvalue weighted by Crippen LogP contribution is -2.62. The number of nitrogens with one attached hydrogen (secondary N) is 1. The summed E-state index contributed by atoms with van der Waals surface area (Å²) in [6.45, 7) is 1.60. The Morgan fingerprint density at radius 3 is 2.37 bits per heavy atom. The first-order valence-corrected chi connectivity index (χ1v) is 7.41. The normalized spacial score (nSPS) is 43.2. The topological polar surface area (TPSA) is 66.4 Å². The van der Waals surface area contributed by atoms with Crippen molar-refractivity contribution in [3.8, 4) is 0 Å². The van der Waals surface area contributed by atoms with Gasteiger partial charge in [-0.2, -0.15) is 0 Å². The predicted molar refractivity (Wildman–Crippen MR) is 70.5 cm³/mol. The van der Waals surface area contributed by atoms with Crippen LogP contribution < -0.4 is 5.32 Å². The van der Waals surface area contributed by atoms with Gasteiger partial charge in [-0.25, -0.2) is 0 Å². The maximum atomic E-state index is 11.5. The molecule has 0 saturated heterocycles. The van der Waals surface area contributed by atoms with Gasteiger partial charge in [0.25, 0.3) is 0 Å². The second-order valence-corrected chi connectivity index (χ2v) is 7.32. The number of carbonyl (C=O) groups is 2. The molecule has 4 bridgehead atoms. The number of hydrogen-bond donors (Lipinski definition) is 2. The minimum Gasteiger partial charge on any atom is -0.481 e. The van der Waals surface area contributed by atoms with Crippen molar-refractivity contribution in [2.24, 2.45) is 17.3 Å². The first-order chi connectivity index (χ1) is 8.90. The van der Waals surface area contributed by atoms with Crippen LogP contribution in [0.15, 0.2) is 0 Å². The van der Waals surface area contributed by atoms with Crippen LogP contribution in [0.3, 0.4) is 0 Å². The maximum Gasteiger partial charge on any atom is 0.303 e. The molecule has 4 aliphatic rings. The van der Waals surface area contributed by atoms with Crippen molar-refractivity contribution in [2.75, 3.05) is 0 Å². The smallest absolute Gasteiger partial charge is 0.303 e. The molecule has 0 aromatic heterocycles. The highest BCUT2D eigenvalue weighted by atomic mass is 16.4. The fourth-order valence-corrected chi connectivity index (χ4v) is 5.64. The first-order valence-electron chi connectivity index (χ1n) is 7.41. The number of amides is 1. The molecule has 4 aliphatic carbocycles. The SMILES string of the molecule is CC(=O)NC12CC3CC(CC(CCC(=O)O)(C3)C1)C2. The molecule has 2 atom stereocenters. The molecule has 4 saturated carbocycles. The summed E-state index contributed by atoms with van der Waals surface area (Å²) in [4.78, 5) is 22.4. The van der Waals surface area contributed by atoms with Crippen LogP contribution in [0.4, 0.5) is 0 Å².